The molecular formula is C6H15NO2S. The van der Waals surface area contributed by atoms with Crippen molar-refractivity contribution in [1.82, 2.24) is 0 Å². The maximum Gasteiger partial charge on any atom is 0.167 e. The molecule has 4 heteroatoms. The molecule has 0 aromatic rings. The lowest BCUT2D eigenvalue weighted by molar-refractivity contribution is -0.120. The van der Waals surface area contributed by atoms with Crippen LogP contribution in [-0.4, -0.2) is 25.3 Å². The standard InChI is InChI=1S/C6H15NO2S/c1-3-8-6(5-10-7)9-4-2/h6H,3-5,7H2,1-2H3. The first-order valence-corrected chi connectivity index (χ1v) is 4.44. The fraction of sp³-hybridized carbons (Fsp3) is 1.00. The molecule has 2 N–H and O–H groups in total. The highest BCUT2D eigenvalue weighted by atomic mass is 32.2. The van der Waals surface area contributed by atoms with Gasteiger partial charge in [0.15, 0.2) is 6.29 Å². The zero-order chi connectivity index (χ0) is 7.82. The van der Waals surface area contributed by atoms with Gasteiger partial charge in [0.25, 0.3) is 0 Å². The van der Waals surface area contributed by atoms with Crippen LogP contribution in [0.25, 0.3) is 0 Å². The van der Waals surface area contributed by atoms with Crippen LogP contribution in [0.3, 0.4) is 0 Å². The van der Waals surface area contributed by atoms with E-state index >= 15 is 0 Å². The normalized spacial score (nSPS) is 10.8. The van der Waals surface area contributed by atoms with E-state index in [1.165, 1.54) is 11.9 Å². The largest absolute Gasteiger partial charge is 0.352 e. The van der Waals surface area contributed by atoms with Crippen LogP contribution in [-0.2, 0) is 9.47 Å². The van der Waals surface area contributed by atoms with Gasteiger partial charge in [0.05, 0.1) is 5.75 Å². The first-order valence-electron chi connectivity index (χ1n) is 3.40. The summed E-state index contributed by atoms with van der Waals surface area (Å²) in [5.74, 6) is 0.696. The Balaban J connectivity index is 3.30. The van der Waals surface area contributed by atoms with Crippen molar-refractivity contribution in [2.75, 3.05) is 19.0 Å². The van der Waals surface area contributed by atoms with Crippen molar-refractivity contribution in [3.05, 3.63) is 0 Å². The molecule has 0 aliphatic heterocycles. The molecule has 0 heterocycles. The Kier molecular flexibility index (Phi) is 7.51. The van der Waals surface area contributed by atoms with E-state index in [1.54, 1.807) is 0 Å². The Bertz CT molecular complexity index is 58.5. The van der Waals surface area contributed by atoms with Gasteiger partial charge < -0.3 is 9.47 Å². The molecule has 62 valence electrons. The van der Waals surface area contributed by atoms with Gasteiger partial charge in [-0.1, -0.05) is 11.9 Å². The Morgan fingerprint density at radius 3 is 2.10 bits per heavy atom. The number of hydrogen-bond donors (Lipinski definition) is 1. The zero-order valence-electron chi connectivity index (χ0n) is 6.50. The lowest BCUT2D eigenvalue weighted by Gasteiger charge is -2.14. The summed E-state index contributed by atoms with van der Waals surface area (Å²) in [5.41, 5.74) is 0. The first-order chi connectivity index (χ1) is 4.85. The Morgan fingerprint density at radius 1 is 1.30 bits per heavy atom. The molecule has 0 saturated heterocycles. The summed E-state index contributed by atoms with van der Waals surface area (Å²) in [6.07, 6.45) is -0.134. The zero-order valence-corrected chi connectivity index (χ0v) is 7.32. The van der Waals surface area contributed by atoms with Crippen molar-refractivity contribution in [2.24, 2.45) is 5.14 Å². The topological polar surface area (TPSA) is 44.5 Å². The lowest BCUT2D eigenvalue weighted by atomic mass is 10.7. The predicted octanol–water partition coefficient (Wildman–Crippen LogP) is 0.992. The van der Waals surface area contributed by atoms with Crippen molar-refractivity contribution >= 4 is 11.9 Å². The van der Waals surface area contributed by atoms with Gasteiger partial charge in [-0.3, -0.25) is 5.14 Å². The summed E-state index contributed by atoms with van der Waals surface area (Å²) in [6, 6.07) is 0. The van der Waals surface area contributed by atoms with Crippen molar-refractivity contribution in [3.63, 3.8) is 0 Å². The molecule has 0 atom stereocenters. The van der Waals surface area contributed by atoms with Crippen LogP contribution in [0.15, 0.2) is 0 Å². The van der Waals surface area contributed by atoms with E-state index < -0.39 is 0 Å². The van der Waals surface area contributed by atoms with Crippen LogP contribution < -0.4 is 5.14 Å². The van der Waals surface area contributed by atoms with E-state index in [1.807, 2.05) is 13.8 Å². The van der Waals surface area contributed by atoms with Crippen LogP contribution in [0, 0.1) is 0 Å². The lowest BCUT2D eigenvalue weighted by Crippen LogP contribution is -2.20. The summed E-state index contributed by atoms with van der Waals surface area (Å²) in [6.45, 7) is 5.22. The Hall–Kier alpha value is 0.230. The molecule has 0 unspecified atom stereocenters. The predicted molar refractivity (Wildman–Crippen MR) is 43.7 cm³/mol. The van der Waals surface area contributed by atoms with E-state index in [0.29, 0.717) is 19.0 Å². The minimum atomic E-state index is -0.134. The molecule has 0 radical (unpaired) electrons. The van der Waals surface area contributed by atoms with E-state index in [2.05, 4.69) is 0 Å². The molecule has 0 amide bonds. The number of hydrogen-bond acceptors (Lipinski definition) is 4. The average molecular weight is 165 g/mol. The maximum atomic E-state index is 5.25. The van der Waals surface area contributed by atoms with Gasteiger partial charge in [-0.05, 0) is 13.8 Å². The molecular weight excluding hydrogens is 150 g/mol. The quantitative estimate of drug-likeness (QED) is 0.471. The molecule has 0 aliphatic carbocycles. The molecule has 0 rings (SSSR count). The highest BCUT2D eigenvalue weighted by molar-refractivity contribution is 7.97. The molecule has 10 heavy (non-hydrogen) atoms. The third kappa shape index (κ3) is 5.05. The second kappa shape index (κ2) is 7.34. The van der Waals surface area contributed by atoms with Gasteiger partial charge in [-0.25, -0.2) is 0 Å². The van der Waals surface area contributed by atoms with Crippen molar-refractivity contribution in [3.8, 4) is 0 Å². The van der Waals surface area contributed by atoms with E-state index in [-0.39, 0.29) is 6.29 Å². The van der Waals surface area contributed by atoms with Crippen LogP contribution in [0.2, 0.25) is 0 Å². The molecule has 0 spiro atoms. The maximum absolute atomic E-state index is 5.25. The Morgan fingerprint density at radius 2 is 1.80 bits per heavy atom. The molecule has 3 nitrogen and oxygen atoms in total. The second-order valence-corrected chi connectivity index (χ2v) is 2.34. The Labute approximate surface area is 66.4 Å². The van der Waals surface area contributed by atoms with Crippen LogP contribution >= 0.6 is 11.9 Å². The molecule has 0 aromatic heterocycles. The second-order valence-electron chi connectivity index (χ2n) is 1.67. The highest BCUT2D eigenvalue weighted by Gasteiger charge is 2.05. The van der Waals surface area contributed by atoms with Crippen molar-refractivity contribution in [1.29, 1.82) is 0 Å². The summed E-state index contributed by atoms with van der Waals surface area (Å²) >= 11 is 1.24. The third-order valence-electron chi connectivity index (χ3n) is 0.937. The van der Waals surface area contributed by atoms with Crippen LogP contribution in [0.4, 0.5) is 0 Å². The first kappa shape index (κ1) is 10.2. The third-order valence-corrected chi connectivity index (χ3v) is 1.40. The van der Waals surface area contributed by atoms with E-state index in [9.17, 15) is 0 Å². The summed E-state index contributed by atoms with van der Waals surface area (Å²) in [4.78, 5) is 0. The smallest absolute Gasteiger partial charge is 0.167 e. The molecule has 0 fully saturated rings. The minimum absolute atomic E-state index is 0.134. The summed E-state index contributed by atoms with van der Waals surface area (Å²) < 4.78 is 10.4. The average Bonchev–Trinajstić information content (AvgIpc) is 1.90. The SMILES string of the molecule is CCOC(CSN)OCC. The summed E-state index contributed by atoms with van der Waals surface area (Å²) in [7, 11) is 0. The summed E-state index contributed by atoms with van der Waals surface area (Å²) in [5, 5.41) is 5.25. The number of ether oxygens (including phenoxy) is 2. The molecule has 0 aromatic carbocycles. The van der Waals surface area contributed by atoms with Crippen molar-refractivity contribution < 1.29 is 9.47 Å². The minimum Gasteiger partial charge on any atom is -0.352 e. The van der Waals surface area contributed by atoms with Crippen LogP contribution in [0.1, 0.15) is 13.8 Å². The van der Waals surface area contributed by atoms with Crippen molar-refractivity contribution in [2.45, 2.75) is 20.1 Å². The number of nitrogens with two attached hydrogens (primary N) is 1. The van der Waals surface area contributed by atoms with Gasteiger partial charge in [0, 0.05) is 13.2 Å². The van der Waals surface area contributed by atoms with Gasteiger partial charge in [-0.2, -0.15) is 0 Å². The van der Waals surface area contributed by atoms with Crippen LogP contribution in [0.5, 0.6) is 0 Å². The molecule has 0 aliphatic rings. The fourth-order valence-electron chi connectivity index (χ4n) is 0.595. The van der Waals surface area contributed by atoms with Gasteiger partial charge >= 0.3 is 0 Å². The monoisotopic (exact) mass is 165 g/mol. The van der Waals surface area contributed by atoms with E-state index in [4.69, 9.17) is 14.6 Å². The molecule has 0 bridgehead atoms. The van der Waals surface area contributed by atoms with Gasteiger partial charge in [0.2, 0.25) is 0 Å². The highest BCUT2D eigenvalue weighted by Crippen LogP contribution is 2.00. The fourth-order valence-corrected chi connectivity index (χ4v) is 0.944. The van der Waals surface area contributed by atoms with E-state index in [0.717, 1.165) is 0 Å². The molecule has 0 saturated carbocycles. The number of rotatable bonds is 6. The van der Waals surface area contributed by atoms with Gasteiger partial charge in [0.1, 0.15) is 0 Å². The van der Waals surface area contributed by atoms with Gasteiger partial charge in [-0.15, -0.1) is 0 Å².